The number of thiophene rings is 1. The quantitative estimate of drug-likeness (QED) is 0.580. The number of amides is 1. The molecule has 6 heteroatoms. The summed E-state index contributed by atoms with van der Waals surface area (Å²) in [5.74, 6) is 0.188. The van der Waals surface area contributed by atoms with Crippen LogP contribution in [0.2, 0.25) is 0 Å². The number of rotatable bonds is 6. The largest absolute Gasteiger partial charge is 0.462 e. The first-order valence-corrected chi connectivity index (χ1v) is 11.0. The minimum Gasteiger partial charge on any atom is -0.462 e. The molecule has 1 N–H and O–H groups in total. The number of aromatic nitrogens is 1. The third-order valence-electron chi connectivity index (χ3n) is 5.50. The molecule has 0 fully saturated rings. The van der Waals surface area contributed by atoms with Crippen LogP contribution in [0.5, 0.6) is 0 Å². The fourth-order valence-electron chi connectivity index (χ4n) is 4.00. The molecule has 1 aromatic carbocycles. The van der Waals surface area contributed by atoms with Crippen molar-refractivity contribution in [3.63, 3.8) is 0 Å². The summed E-state index contributed by atoms with van der Waals surface area (Å²) in [6.07, 6.45) is 5.24. The van der Waals surface area contributed by atoms with Crippen molar-refractivity contribution >= 4 is 39.1 Å². The second-order valence-corrected chi connectivity index (χ2v) is 8.75. The third-order valence-corrected chi connectivity index (χ3v) is 6.67. The van der Waals surface area contributed by atoms with Gasteiger partial charge in [-0.2, -0.15) is 0 Å². The monoisotopic (exact) mass is 410 g/mol. The van der Waals surface area contributed by atoms with Crippen molar-refractivity contribution in [2.24, 2.45) is 5.92 Å². The summed E-state index contributed by atoms with van der Waals surface area (Å²) in [5.41, 5.74) is 2.75. The third kappa shape index (κ3) is 4.08. The summed E-state index contributed by atoms with van der Waals surface area (Å²) in [5, 5.41) is 4.81. The number of nitrogens with zero attached hydrogens (tertiary/aromatic N) is 1. The van der Waals surface area contributed by atoms with Crippen LogP contribution in [0.4, 0.5) is 5.00 Å². The second-order valence-electron chi connectivity index (χ2n) is 7.64. The lowest BCUT2D eigenvalue weighted by Crippen LogP contribution is -2.17. The summed E-state index contributed by atoms with van der Waals surface area (Å²) in [6.45, 7) is 4.95. The summed E-state index contributed by atoms with van der Waals surface area (Å²) in [4.78, 5) is 26.5. The van der Waals surface area contributed by atoms with E-state index in [4.69, 9.17) is 4.74 Å². The van der Waals surface area contributed by atoms with Crippen molar-refractivity contribution < 1.29 is 14.3 Å². The molecule has 0 saturated heterocycles. The lowest BCUT2D eigenvalue weighted by Gasteiger charge is -2.18. The molecule has 1 unspecified atom stereocenters. The zero-order valence-electron chi connectivity index (χ0n) is 16.9. The Kier molecular flexibility index (Phi) is 5.72. The first kappa shape index (κ1) is 19.7. The fourth-order valence-corrected chi connectivity index (χ4v) is 5.42. The van der Waals surface area contributed by atoms with Gasteiger partial charge in [-0.3, -0.25) is 4.79 Å². The van der Waals surface area contributed by atoms with E-state index < -0.39 is 0 Å². The Hall–Kier alpha value is -2.60. The highest BCUT2D eigenvalue weighted by Crippen LogP contribution is 2.40. The fraction of sp³-hybridized carbons (Fsp3) is 0.391. The van der Waals surface area contributed by atoms with Gasteiger partial charge >= 0.3 is 5.97 Å². The minimum absolute atomic E-state index is 0.0834. The van der Waals surface area contributed by atoms with Crippen molar-refractivity contribution in [3.8, 4) is 0 Å². The number of carbonyl (C=O) groups is 2. The molecule has 0 bridgehead atoms. The number of carbonyl (C=O) groups excluding carboxylic acids is 2. The molecule has 1 amide bonds. The first-order valence-electron chi connectivity index (χ1n) is 10.2. The maximum absolute atomic E-state index is 12.7. The molecule has 0 saturated carbocycles. The molecule has 3 aromatic rings. The van der Waals surface area contributed by atoms with Gasteiger partial charge in [0, 0.05) is 29.6 Å². The summed E-state index contributed by atoms with van der Waals surface area (Å²) >= 11 is 1.53. The Morgan fingerprint density at radius 3 is 2.93 bits per heavy atom. The number of para-hydroxylation sites is 1. The van der Waals surface area contributed by atoms with E-state index in [1.807, 2.05) is 18.3 Å². The molecule has 1 atom stereocenters. The van der Waals surface area contributed by atoms with Crippen LogP contribution in [0.15, 0.2) is 36.5 Å². The van der Waals surface area contributed by atoms with E-state index >= 15 is 0 Å². The lowest BCUT2D eigenvalue weighted by molar-refractivity contribution is -0.116. The number of hydrogen-bond donors (Lipinski definition) is 1. The van der Waals surface area contributed by atoms with Gasteiger partial charge in [-0.1, -0.05) is 25.1 Å². The van der Waals surface area contributed by atoms with Crippen molar-refractivity contribution in [1.29, 1.82) is 0 Å². The van der Waals surface area contributed by atoms with Gasteiger partial charge < -0.3 is 14.6 Å². The highest BCUT2D eigenvalue weighted by atomic mass is 32.1. The van der Waals surface area contributed by atoms with Crippen molar-refractivity contribution in [2.75, 3.05) is 11.9 Å². The standard InChI is InChI=1S/C23H26N2O3S/c1-3-28-23(27)21-17-9-8-15(2)14-19(17)29-22(21)24-20(26)11-13-25-12-10-16-6-4-5-7-18(16)25/h4-7,10,12,15H,3,8-9,11,13-14H2,1-2H3,(H,24,26). The molecule has 2 heterocycles. The van der Waals surface area contributed by atoms with Gasteiger partial charge in [0.15, 0.2) is 0 Å². The smallest absolute Gasteiger partial charge is 0.341 e. The molecule has 29 heavy (non-hydrogen) atoms. The average molecular weight is 411 g/mol. The number of hydrogen-bond acceptors (Lipinski definition) is 4. The number of anilines is 1. The van der Waals surface area contributed by atoms with Crippen LogP contribution in [0.1, 0.15) is 47.5 Å². The van der Waals surface area contributed by atoms with E-state index in [2.05, 4.69) is 35.0 Å². The molecule has 0 spiro atoms. The predicted octanol–water partition coefficient (Wildman–Crippen LogP) is 5.03. The lowest BCUT2D eigenvalue weighted by atomic mass is 9.88. The van der Waals surface area contributed by atoms with Crippen molar-refractivity contribution in [2.45, 2.75) is 46.1 Å². The Labute approximate surface area is 174 Å². The Morgan fingerprint density at radius 1 is 1.28 bits per heavy atom. The maximum Gasteiger partial charge on any atom is 0.341 e. The van der Waals surface area contributed by atoms with E-state index in [1.54, 1.807) is 6.92 Å². The van der Waals surface area contributed by atoms with Gasteiger partial charge in [0.25, 0.3) is 0 Å². The van der Waals surface area contributed by atoms with Gasteiger partial charge in [-0.05, 0) is 55.2 Å². The number of nitrogens with one attached hydrogen (secondary N) is 1. The molecule has 0 radical (unpaired) electrons. The molecule has 4 rings (SSSR count). The molecule has 1 aliphatic carbocycles. The van der Waals surface area contributed by atoms with Gasteiger partial charge in [0.2, 0.25) is 5.91 Å². The maximum atomic E-state index is 12.7. The first-order chi connectivity index (χ1) is 14.1. The second kappa shape index (κ2) is 8.41. The molecule has 2 aromatic heterocycles. The minimum atomic E-state index is -0.328. The van der Waals surface area contributed by atoms with E-state index in [0.717, 1.165) is 35.7 Å². The topological polar surface area (TPSA) is 60.3 Å². The number of benzene rings is 1. The van der Waals surface area contributed by atoms with Gasteiger partial charge in [-0.15, -0.1) is 11.3 Å². The molecule has 0 aliphatic heterocycles. The Bertz CT molecular complexity index is 1050. The van der Waals surface area contributed by atoms with Crippen LogP contribution < -0.4 is 5.32 Å². The Balaban J connectivity index is 1.50. The van der Waals surface area contributed by atoms with Crippen molar-refractivity contribution in [3.05, 3.63) is 52.5 Å². The molecular formula is C23H26N2O3S. The van der Waals surface area contributed by atoms with Gasteiger partial charge in [-0.25, -0.2) is 4.79 Å². The summed E-state index contributed by atoms with van der Waals surface area (Å²) in [6, 6.07) is 10.2. The zero-order chi connectivity index (χ0) is 20.4. The van der Waals surface area contributed by atoms with Crippen LogP contribution in [0.25, 0.3) is 10.9 Å². The number of fused-ring (bicyclic) bond motifs is 2. The highest BCUT2D eigenvalue weighted by molar-refractivity contribution is 7.17. The van der Waals surface area contributed by atoms with Gasteiger partial charge in [0.05, 0.1) is 12.2 Å². The highest BCUT2D eigenvalue weighted by Gasteiger charge is 2.29. The van der Waals surface area contributed by atoms with E-state index in [9.17, 15) is 9.59 Å². The molecular weight excluding hydrogens is 384 g/mol. The average Bonchev–Trinajstić information content (AvgIpc) is 3.27. The van der Waals surface area contributed by atoms with E-state index in [1.165, 1.54) is 16.2 Å². The van der Waals surface area contributed by atoms with Crippen LogP contribution in [0.3, 0.4) is 0 Å². The number of ether oxygens (including phenoxy) is 1. The van der Waals surface area contributed by atoms with Crippen LogP contribution in [-0.4, -0.2) is 23.1 Å². The molecule has 1 aliphatic rings. The molecule has 5 nitrogen and oxygen atoms in total. The van der Waals surface area contributed by atoms with E-state index in [-0.39, 0.29) is 11.9 Å². The number of esters is 1. The zero-order valence-corrected chi connectivity index (χ0v) is 17.7. The van der Waals surface area contributed by atoms with E-state index in [0.29, 0.717) is 36.1 Å². The normalized spacial score (nSPS) is 15.9. The van der Waals surface area contributed by atoms with Crippen LogP contribution >= 0.6 is 11.3 Å². The van der Waals surface area contributed by atoms with Crippen molar-refractivity contribution in [1.82, 2.24) is 4.57 Å². The number of aryl methyl sites for hydroxylation is 1. The predicted molar refractivity (Wildman–Crippen MR) is 117 cm³/mol. The summed E-state index contributed by atoms with van der Waals surface area (Å²) in [7, 11) is 0. The SMILES string of the molecule is CCOC(=O)c1c(NC(=O)CCn2ccc3ccccc32)sc2c1CCC(C)C2. The summed E-state index contributed by atoms with van der Waals surface area (Å²) < 4.78 is 7.37. The molecule has 152 valence electrons. The Morgan fingerprint density at radius 2 is 2.10 bits per heavy atom. The van der Waals surface area contributed by atoms with Gasteiger partial charge in [0.1, 0.15) is 5.00 Å². The van der Waals surface area contributed by atoms with Crippen LogP contribution in [-0.2, 0) is 28.9 Å². The van der Waals surface area contributed by atoms with Crippen LogP contribution in [0, 0.1) is 5.92 Å².